The van der Waals surface area contributed by atoms with Crippen LogP contribution >= 0.6 is 23.2 Å². The number of carbonyl (C=O) groups is 2. The molecule has 1 aromatic carbocycles. The molecule has 6 nitrogen and oxygen atoms in total. The van der Waals surface area contributed by atoms with Gasteiger partial charge in [0.2, 0.25) is 0 Å². The maximum absolute atomic E-state index is 12.6. The molecule has 1 aromatic rings. The molecule has 1 atom stereocenters. The number of ether oxygens (including phenoxy) is 1. The number of carbonyl (C=O) groups excluding carboxylic acids is 1. The Bertz CT molecular complexity index is 597. The van der Waals surface area contributed by atoms with Crippen LogP contribution in [0.1, 0.15) is 10.4 Å². The summed E-state index contributed by atoms with van der Waals surface area (Å²) in [5.41, 5.74) is 0.360. The predicted octanol–water partition coefficient (Wildman–Crippen LogP) is 1.85. The van der Waals surface area contributed by atoms with Gasteiger partial charge in [0.25, 0.3) is 5.91 Å². The fourth-order valence-electron chi connectivity index (χ4n) is 2.49. The van der Waals surface area contributed by atoms with Crippen LogP contribution in [0.5, 0.6) is 0 Å². The number of nitrogens with zero attached hydrogens (tertiary/aromatic N) is 2. The van der Waals surface area contributed by atoms with E-state index in [-0.39, 0.29) is 18.6 Å². The van der Waals surface area contributed by atoms with Crippen LogP contribution < -0.4 is 0 Å². The number of likely N-dealkylation sites (N-methyl/N-ethyl adjacent to an activating group) is 1. The van der Waals surface area contributed by atoms with Gasteiger partial charge in [-0.25, -0.2) is 0 Å². The van der Waals surface area contributed by atoms with Crippen molar-refractivity contribution >= 4 is 35.1 Å². The number of carboxylic acid groups (broad SMARTS) is 1. The molecule has 0 aliphatic carbocycles. The average Bonchev–Trinajstić information content (AvgIpc) is 2.48. The molecule has 2 rings (SSSR count). The second-order valence-corrected chi connectivity index (χ2v) is 6.30. The van der Waals surface area contributed by atoms with Gasteiger partial charge in [-0.3, -0.25) is 14.5 Å². The smallest absolute Gasteiger partial charge is 0.317 e. The second-order valence-electron chi connectivity index (χ2n) is 5.46. The van der Waals surface area contributed by atoms with Crippen LogP contribution in [-0.4, -0.2) is 72.7 Å². The Balaban J connectivity index is 2.01. The number of halogens is 2. The SMILES string of the molecule is CN(CC(=O)O)CC1CN(C(=O)c2cc(Cl)ccc2Cl)CCO1. The lowest BCUT2D eigenvalue weighted by Crippen LogP contribution is -2.49. The number of rotatable bonds is 5. The van der Waals surface area contributed by atoms with Crippen molar-refractivity contribution in [3.05, 3.63) is 33.8 Å². The third-order valence-corrected chi connectivity index (χ3v) is 4.07. The topological polar surface area (TPSA) is 70.1 Å². The minimum absolute atomic E-state index is 0.0755. The molecular weight excluding hydrogens is 343 g/mol. The van der Waals surface area contributed by atoms with Gasteiger partial charge in [0.15, 0.2) is 0 Å². The highest BCUT2D eigenvalue weighted by Gasteiger charge is 2.27. The van der Waals surface area contributed by atoms with Crippen molar-refractivity contribution in [2.24, 2.45) is 0 Å². The zero-order valence-electron chi connectivity index (χ0n) is 12.7. The van der Waals surface area contributed by atoms with Gasteiger partial charge in [-0.15, -0.1) is 0 Å². The quantitative estimate of drug-likeness (QED) is 0.867. The van der Waals surface area contributed by atoms with Crippen molar-refractivity contribution in [1.82, 2.24) is 9.80 Å². The van der Waals surface area contributed by atoms with Gasteiger partial charge in [0.05, 0.1) is 29.8 Å². The van der Waals surface area contributed by atoms with Gasteiger partial charge in [-0.05, 0) is 25.2 Å². The fourth-order valence-corrected chi connectivity index (χ4v) is 2.86. The Hall–Kier alpha value is -1.34. The van der Waals surface area contributed by atoms with Gasteiger partial charge in [-0.1, -0.05) is 23.2 Å². The van der Waals surface area contributed by atoms with Crippen LogP contribution in [0, 0.1) is 0 Å². The summed E-state index contributed by atoms with van der Waals surface area (Å²) in [6, 6.07) is 4.77. The molecule has 1 unspecified atom stereocenters. The van der Waals surface area contributed by atoms with E-state index < -0.39 is 5.97 Å². The molecule has 1 amide bonds. The van der Waals surface area contributed by atoms with Gasteiger partial charge in [-0.2, -0.15) is 0 Å². The summed E-state index contributed by atoms with van der Waals surface area (Å²) in [7, 11) is 1.70. The third-order valence-electron chi connectivity index (χ3n) is 3.51. The molecular formula is C15H18Cl2N2O4. The summed E-state index contributed by atoms with van der Waals surface area (Å²) >= 11 is 12.0. The first-order valence-electron chi connectivity index (χ1n) is 7.13. The van der Waals surface area contributed by atoms with E-state index in [0.717, 1.165) is 0 Å². The maximum Gasteiger partial charge on any atom is 0.317 e. The van der Waals surface area contributed by atoms with Crippen LogP contribution in [0.2, 0.25) is 10.0 Å². The summed E-state index contributed by atoms with van der Waals surface area (Å²) in [5.74, 6) is -1.10. The van der Waals surface area contributed by atoms with E-state index in [2.05, 4.69) is 0 Å². The molecule has 1 saturated heterocycles. The lowest BCUT2D eigenvalue weighted by atomic mass is 10.1. The summed E-state index contributed by atoms with van der Waals surface area (Å²) < 4.78 is 5.61. The minimum Gasteiger partial charge on any atom is -0.480 e. The molecule has 0 aromatic heterocycles. The number of hydrogen-bond donors (Lipinski definition) is 1. The van der Waals surface area contributed by atoms with Gasteiger partial charge in [0, 0.05) is 24.7 Å². The number of aliphatic carboxylic acids is 1. The van der Waals surface area contributed by atoms with Crippen molar-refractivity contribution in [3.63, 3.8) is 0 Å². The summed E-state index contributed by atoms with van der Waals surface area (Å²) in [6.07, 6.45) is -0.241. The third kappa shape index (κ3) is 5.07. The van der Waals surface area contributed by atoms with Crippen LogP contribution in [0.25, 0.3) is 0 Å². The molecule has 23 heavy (non-hydrogen) atoms. The fraction of sp³-hybridized carbons (Fsp3) is 0.467. The summed E-state index contributed by atoms with van der Waals surface area (Å²) in [5, 5.41) is 9.58. The lowest BCUT2D eigenvalue weighted by Gasteiger charge is -2.34. The normalized spacial score (nSPS) is 18.3. The second kappa shape index (κ2) is 7.97. The van der Waals surface area contributed by atoms with Crippen LogP contribution in [0.3, 0.4) is 0 Å². The van der Waals surface area contributed by atoms with Crippen molar-refractivity contribution in [1.29, 1.82) is 0 Å². The highest BCUT2D eigenvalue weighted by atomic mass is 35.5. The Labute approximate surface area is 144 Å². The van der Waals surface area contributed by atoms with Crippen molar-refractivity contribution in [2.45, 2.75) is 6.10 Å². The molecule has 0 bridgehead atoms. The number of amides is 1. The predicted molar refractivity (Wildman–Crippen MR) is 87.2 cm³/mol. The van der Waals surface area contributed by atoms with Crippen LogP contribution in [0.4, 0.5) is 0 Å². The number of hydrogen-bond acceptors (Lipinski definition) is 4. The van der Waals surface area contributed by atoms with Crippen LogP contribution in [-0.2, 0) is 9.53 Å². The number of benzene rings is 1. The van der Waals surface area contributed by atoms with E-state index >= 15 is 0 Å². The van der Waals surface area contributed by atoms with Crippen LogP contribution in [0.15, 0.2) is 18.2 Å². The Morgan fingerprint density at radius 3 is 2.87 bits per heavy atom. The minimum atomic E-state index is -0.901. The first kappa shape index (κ1) is 18.0. The average molecular weight is 361 g/mol. The van der Waals surface area contributed by atoms with E-state index in [1.54, 1.807) is 35.0 Å². The molecule has 1 aliphatic heterocycles. The molecule has 0 radical (unpaired) electrons. The number of morpholine rings is 1. The van der Waals surface area contributed by atoms with Crippen molar-refractivity contribution in [3.8, 4) is 0 Å². The molecule has 1 aliphatic rings. The van der Waals surface area contributed by atoms with Crippen molar-refractivity contribution in [2.75, 3.05) is 39.8 Å². The highest BCUT2D eigenvalue weighted by Crippen LogP contribution is 2.23. The van der Waals surface area contributed by atoms with Gasteiger partial charge in [0.1, 0.15) is 0 Å². The Morgan fingerprint density at radius 1 is 1.43 bits per heavy atom. The summed E-state index contributed by atoms with van der Waals surface area (Å²) in [4.78, 5) is 26.6. The van der Waals surface area contributed by atoms with Gasteiger partial charge >= 0.3 is 5.97 Å². The Kier molecular flexibility index (Phi) is 6.24. The van der Waals surface area contributed by atoms with E-state index in [0.29, 0.717) is 41.8 Å². The molecule has 1 fully saturated rings. The van der Waals surface area contributed by atoms with E-state index in [9.17, 15) is 9.59 Å². The van der Waals surface area contributed by atoms with E-state index in [1.807, 2.05) is 0 Å². The largest absolute Gasteiger partial charge is 0.480 e. The first-order valence-corrected chi connectivity index (χ1v) is 7.88. The zero-order valence-corrected chi connectivity index (χ0v) is 14.2. The monoisotopic (exact) mass is 360 g/mol. The summed E-state index contributed by atoms with van der Waals surface area (Å²) in [6.45, 7) is 1.59. The standard InChI is InChI=1S/C15H18Cl2N2O4/c1-18(9-14(20)21)7-11-8-19(4-5-23-11)15(22)12-6-10(16)2-3-13(12)17/h2-3,6,11H,4-5,7-9H2,1H3,(H,20,21). The Morgan fingerprint density at radius 2 is 2.17 bits per heavy atom. The highest BCUT2D eigenvalue weighted by molar-refractivity contribution is 6.35. The first-order chi connectivity index (χ1) is 10.9. The van der Waals surface area contributed by atoms with Gasteiger partial charge < -0.3 is 14.7 Å². The molecule has 126 valence electrons. The van der Waals surface area contributed by atoms with E-state index in [4.69, 9.17) is 33.0 Å². The molecule has 1 heterocycles. The number of carboxylic acids is 1. The molecule has 0 spiro atoms. The van der Waals surface area contributed by atoms with Crippen molar-refractivity contribution < 1.29 is 19.4 Å². The molecule has 1 N–H and O–H groups in total. The molecule has 8 heteroatoms. The molecule has 0 saturated carbocycles. The maximum atomic E-state index is 12.6. The zero-order chi connectivity index (χ0) is 17.0. The van der Waals surface area contributed by atoms with E-state index in [1.165, 1.54) is 0 Å². The lowest BCUT2D eigenvalue weighted by molar-refractivity contribution is -0.138.